The molecule has 6 heterocycles. The summed E-state index contributed by atoms with van der Waals surface area (Å²) in [7, 11) is 0.529. The third kappa shape index (κ3) is 11.0. The fourth-order valence-corrected chi connectivity index (χ4v) is 11.0. The Hall–Kier alpha value is -6.32. The van der Waals surface area contributed by atoms with Crippen LogP contribution < -0.4 is 22.3 Å². The fourth-order valence-electron chi connectivity index (χ4n) is 10.5. The molecule has 8 rings (SSSR count). The van der Waals surface area contributed by atoms with Gasteiger partial charge in [0.2, 0.25) is 20.9 Å². The zero-order chi connectivity index (χ0) is 52.5. The summed E-state index contributed by atoms with van der Waals surface area (Å²) in [5.74, 6) is -2.03. The number of rotatable bonds is 21. The number of halogens is 1. The number of nitrogens with two attached hydrogens (primary N) is 2. The van der Waals surface area contributed by atoms with Gasteiger partial charge in [0.15, 0.2) is 5.60 Å². The summed E-state index contributed by atoms with van der Waals surface area (Å²) in [6.07, 6.45) is 11.2. The van der Waals surface area contributed by atoms with Gasteiger partial charge in [-0.05, 0) is 112 Å². The van der Waals surface area contributed by atoms with Crippen LogP contribution in [0.3, 0.4) is 0 Å². The number of hydrogen-bond donors (Lipinski definition) is 4. The largest absolute Gasteiger partial charge is 0.458 e. The number of cyclic esters (lactones) is 1. The standard InChI is InChI=1S/C53H66FN11O7S/c1-8-53(69)39-23-44-48-37(27-65(44)50(67)38(39)29-72-51(53)68)46(36-22-31(4)40(54)24-42(36)60-48)32-16-18-34(19-17-32)59-49(66)35(14-11-13-20-63(5)6)47(56)45(30(2)3)41(55)15-10-9-12-21-64-28-43(61-62-64)33-25-57-52(58-26-33)73(7,70)71/h16-19,22-26,28,30,35,41,45,47,69H,8-15,20-21,27,29,55-56H2,1-7H3,(H,59,66)/t35-,41?,45+,47?,53+/m1/s1. The van der Waals surface area contributed by atoms with Crippen molar-refractivity contribution in [2.45, 2.75) is 122 Å². The van der Waals surface area contributed by atoms with Crippen molar-refractivity contribution in [2.75, 3.05) is 32.2 Å². The van der Waals surface area contributed by atoms with E-state index in [9.17, 15) is 27.9 Å². The summed E-state index contributed by atoms with van der Waals surface area (Å²) >= 11 is 0. The minimum absolute atomic E-state index is 0.00124. The zero-order valence-corrected chi connectivity index (χ0v) is 43.4. The Bertz CT molecular complexity index is 3200. The van der Waals surface area contributed by atoms with Gasteiger partial charge in [0, 0.05) is 71.1 Å². The van der Waals surface area contributed by atoms with E-state index in [0.29, 0.717) is 57.8 Å². The molecule has 73 heavy (non-hydrogen) atoms. The number of aliphatic hydroxyl groups is 1. The number of nitrogens with zero attached hydrogens (tertiary/aromatic N) is 8. The fraction of sp³-hybridized carbons (Fsp3) is 0.472. The summed E-state index contributed by atoms with van der Waals surface area (Å²) < 4.78 is 47.3. The predicted molar refractivity (Wildman–Crippen MR) is 276 cm³/mol. The summed E-state index contributed by atoms with van der Waals surface area (Å²) in [6.45, 7) is 8.91. The summed E-state index contributed by atoms with van der Waals surface area (Å²) in [4.78, 5) is 56.3. The van der Waals surface area contributed by atoms with Crippen molar-refractivity contribution >= 4 is 38.3 Å². The number of nitrogens with one attached hydrogen (secondary N) is 1. The minimum atomic E-state index is -3.52. The molecule has 5 atom stereocenters. The van der Waals surface area contributed by atoms with E-state index in [-0.39, 0.29) is 59.6 Å². The number of esters is 1. The van der Waals surface area contributed by atoms with Gasteiger partial charge in [0.1, 0.15) is 18.1 Å². The first-order valence-electron chi connectivity index (χ1n) is 25.0. The first-order valence-corrected chi connectivity index (χ1v) is 26.9. The molecular weight excluding hydrogens is 954 g/mol. The number of fused-ring (bicyclic) bond motifs is 5. The highest BCUT2D eigenvalue weighted by Gasteiger charge is 2.46. The van der Waals surface area contributed by atoms with E-state index in [2.05, 4.69) is 44.3 Å². The van der Waals surface area contributed by atoms with Crippen LogP contribution in [0.25, 0.3) is 44.7 Å². The molecule has 20 heteroatoms. The molecule has 0 radical (unpaired) electrons. The Morgan fingerprint density at radius 3 is 2.37 bits per heavy atom. The number of ether oxygens (including phenoxy) is 1. The maximum absolute atomic E-state index is 15.2. The number of sulfone groups is 1. The molecule has 1 amide bonds. The molecule has 2 aliphatic heterocycles. The number of anilines is 1. The molecule has 2 aliphatic rings. The van der Waals surface area contributed by atoms with Crippen molar-refractivity contribution in [1.29, 1.82) is 0 Å². The van der Waals surface area contributed by atoms with Gasteiger partial charge in [-0.1, -0.05) is 57.4 Å². The lowest BCUT2D eigenvalue weighted by Crippen LogP contribution is -2.52. The lowest BCUT2D eigenvalue weighted by molar-refractivity contribution is -0.172. The highest BCUT2D eigenvalue weighted by atomic mass is 32.2. The lowest BCUT2D eigenvalue weighted by atomic mass is 9.74. The molecule has 6 N–H and O–H groups in total. The van der Waals surface area contributed by atoms with Crippen LogP contribution in [0.4, 0.5) is 10.1 Å². The van der Waals surface area contributed by atoms with E-state index >= 15 is 4.39 Å². The average Bonchev–Trinajstić information content (AvgIpc) is 3.97. The molecule has 0 saturated carbocycles. The maximum atomic E-state index is 15.2. The van der Waals surface area contributed by atoms with Gasteiger partial charge in [0.25, 0.3) is 5.56 Å². The number of carbonyl (C=O) groups excluding carboxylic acids is 2. The van der Waals surface area contributed by atoms with Crippen molar-refractivity contribution in [3.63, 3.8) is 0 Å². The molecule has 0 saturated heterocycles. The Balaban J connectivity index is 0.980. The molecule has 0 bridgehead atoms. The molecular formula is C53H66FN11O7S. The predicted octanol–water partition coefficient (Wildman–Crippen LogP) is 6.12. The molecule has 2 unspecified atom stereocenters. The van der Waals surface area contributed by atoms with Gasteiger partial charge >= 0.3 is 5.97 Å². The number of pyridine rings is 2. The summed E-state index contributed by atoms with van der Waals surface area (Å²) in [6, 6.07) is 11.4. The van der Waals surface area contributed by atoms with Gasteiger partial charge in [-0.25, -0.2) is 32.6 Å². The van der Waals surface area contributed by atoms with Crippen LogP contribution in [0.1, 0.15) is 94.4 Å². The normalized spacial score (nSPS) is 17.0. The van der Waals surface area contributed by atoms with Crippen LogP contribution in [0.5, 0.6) is 0 Å². The van der Waals surface area contributed by atoms with E-state index < -0.39 is 44.7 Å². The van der Waals surface area contributed by atoms with Crippen LogP contribution in [0.15, 0.2) is 71.0 Å². The SMILES string of the molecule is CC[C@@]1(O)C(=O)OCc2c1cc1n(c2=O)Cc2c-1nc1cc(F)c(C)cc1c2-c1ccc(NC(=O)[C@H](CCCCN(C)C)C(N)[C@@H](C(C)C)C(N)CCCCCn2cc(-c3cnc(S(C)(=O)=O)nc3)nn2)cc1. The number of aryl methyl sites for hydroxylation is 2. The molecule has 0 aliphatic carbocycles. The topological polar surface area (TPSA) is 256 Å². The van der Waals surface area contributed by atoms with Gasteiger partial charge in [-0.2, -0.15) is 0 Å². The smallest absolute Gasteiger partial charge is 0.343 e. The molecule has 6 aromatic rings. The third-order valence-electron chi connectivity index (χ3n) is 14.5. The van der Waals surface area contributed by atoms with Crippen molar-refractivity contribution in [3.05, 3.63) is 99.5 Å². The Kier molecular flexibility index (Phi) is 15.7. The van der Waals surface area contributed by atoms with E-state index in [1.165, 1.54) is 18.5 Å². The van der Waals surface area contributed by atoms with Crippen molar-refractivity contribution in [2.24, 2.45) is 29.2 Å². The number of unbranched alkanes of at least 4 members (excludes halogenated alkanes) is 3. The van der Waals surface area contributed by atoms with Gasteiger partial charge in [-0.3, -0.25) is 14.3 Å². The van der Waals surface area contributed by atoms with Gasteiger partial charge < -0.3 is 36.1 Å². The minimum Gasteiger partial charge on any atom is -0.458 e. The second-order valence-corrected chi connectivity index (χ2v) is 22.2. The number of amides is 1. The van der Waals surface area contributed by atoms with Gasteiger partial charge in [-0.15, -0.1) is 5.10 Å². The van der Waals surface area contributed by atoms with Crippen molar-refractivity contribution in [3.8, 4) is 33.8 Å². The highest BCUT2D eigenvalue weighted by Crippen LogP contribution is 2.44. The summed E-state index contributed by atoms with van der Waals surface area (Å²) in [5.41, 5.74) is 17.7. The van der Waals surface area contributed by atoms with Crippen LogP contribution >= 0.6 is 0 Å². The number of carbonyl (C=O) groups is 2. The van der Waals surface area contributed by atoms with Gasteiger partial charge in [0.05, 0.1) is 41.1 Å². The second kappa shape index (κ2) is 21.6. The van der Waals surface area contributed by atoms with Crippen LogP contribution in [0.2, 0.25) is 0 Å². The van der Waals surface area contributed by atoms with Crippen LogP contribution in [-0.2, 0) is 49.5 Å². The Morgan fingerprint density at radius 2 is 1.70 bits per heavy atom. The average molecular weight is 1020 g/mol. The van der Waals surface area contributed by atoms with E-state index in [1.807, 2.05) is 38.4 Å². The van der Waals surface area contributed by atoms with E-state index in [1.54, 1.807) is 41.4 Å². The first-order chi connectivity index (χ1) is 34.7. The van der Waals surface area contributed by atoms with Crippen molar-refractivity contribution in [1.82, 2.24) is 39.4 Å². The molecule has 0 fully saturated rings. The molecule has 2 aromatic carbocycles. The number of hydrogen-bond acceptors (Lipinski definition) is 15. The first kappa shape index (κ1) is 53.0. The molecule has 388 valence electrons. The zero-order valence-electron chi connectivity index (χ0n) is 42.6. The highest BCUT2D eigenvalue weighted by molar-refractivity contribution is 7.90. The Labute approximate surface area is 424 Å². The quantitative estimate of drug-likeness (QED) is 0.0359. The molecule has 0 spiro atoms. The van der Waals surface area contributed by atoms with Crippen molar-refractivity contribution < 1.29 is 32.2 Å². The van der Waals surface area contributed by atoms with E-state index in [4.69, 9.17) is 21.2 Å². The lowest BCUT2D eigenvalue weighted by Gasteiger charge is -2.37. The number of aromatic nitrogens is 7. The van der Waals surface area contributed by atoms with E-state index in [0.717, 1.165) is 68.0 Å². The molecule has 4 aromatic heterocycles. The second-order valence-electron chi connectivity index (χ2n) is 20.3. The monoisotopic (exact) mass is 1020 g/mol. The Morgan fingerprint density at radius 1 is 0.986 bits per heavy atom. The maximum Gasteiger partial charge on any atom is 0.343 e. The van der Waals surface area contributed by atoms with Crippen LogP contribution in [-0.4, -0.2) is 104 Å². The molecule has 18 nitrogen and oxygen atoms in total. The number of benzene rings is 2. The third-order valence-corrected chi connectivity index (χ3v) is 15.4. The van der Waals surface area contributed by atoms with Crippen LogP contribution in [0, 0.1) is 30.5 Å². The summed E-state index contributed by atoms with van der Waals surface area (Å²) in [5, 5.41) is 23.5.